The monoisotopic (exact) mass is 544 g/mol. The molecular formula is C23H37IN4O3. The standard InChI is InChI=1S/C23H36N4O3.HI/c1-4-29-22(28)21-8-10-27(11-9-21)23(24-3)25-15-19-6-5-7-20(14-19)17-26-12-13-30-18(2)16-26;/h5-7,14,18,21H,4,8-13,15-17H2,1-3H3,(H,24,25);1H. The lowest BCUT2D eigenvalue weighted by molar-refractivity contribution is -0.149. The highest BCUT2D eigenvalue weighted by molar-refractivity contribution is 14.0. The van der Waals surface area contributed by atoms with E-state index in [4.69, 9.17) is 9.47 Å². The number of esters is 1. The summed E-state index contributed by atoms with van der Waals surface area (Å²) in [7, 11) is 1.82. The van der Waals surface area contributed by atoms with Crippen molar-refractivity contribution in [3.05, 3.63) is 35.4 Å². The third-order valence-electron chi connectivity index (χ3n) is 5.80. The number of piperidine rings is 1. The number of guanidine groups is 1. The van der Waals surface area contributed by atoms with Gasteiger partial charge in [-0.3, -0.25) is 14.7 Å². The van der Waals surface area contributed by atoms with Crippen molar-refractivity contribution in [1.82, 2.24) is 15.1 Å². The Bertz CT molecular complexity index is 723. The zero-order chi connectivity index (χ0) is 21.3. The first-order valence-corrected chi connectivity index (χ1v) is 11.1. The van der Waals surface area contributed by atoms with Gasteiger partial charge in [0, 0.05) is 46.3 Å². The summed E-state index contributed by atoms with van der Waals surface area (Å²) in [4.78, 5) is 21.1. The van der Waals surface area contributed by atoms with Gasteiger partial charge in [0.05, 0.1) is 25.2 Å². The molecule has 2 aliphatic rings. The predicted molar refractivity (Wildman–Crippen MR) is 134 cm³/mol. The topological polar surface area (TPSA) is 66.4 Å². The predicted octanol–water partition coefficient (Wildman–Crippen LogP) is 2.88. The van der Waals surface area contributed by atoms with Crippen molar-refractivity contribution >= 4 is 35.9 Å². The van der Waals surface area contributed by atoms with Crippen LogP contribution in [0.15, 0.2) is 29.3 Å². The van der Waals surface area contributed by atoms with E-state index in [-0.39, 0.29) is 35.9 Å². The molecule has 2 aliphatic heterocycles. The maximum absolute atomic E-state index is 12.0. The van der Waals surface area contributed by atoms with Crippen molar-refractivity contribution in [2.75, 3.05) is 46.4 Å². The van der Waals surface area contributed by atoms with E-state index in [9.17, 15) is 4.79 Å². The molecule has 174 valence electrons. The van der Waals surface area contributed by atoms with E-state index in [0.29, 0.717) is 12.7 Å². The summed E-state index contributed by atoms with van der Waals surface area (Å²) in [5.74, 6) is 0.843. The number of nitrogens with one attached hydrogen (secondary N) is 1. The number of hydrogen-bond acceptors (Lipinski definition) is 5. The van der Waals surface area contributed by atoms with E-state index in [1.807, 2.05) is 14.0 Å². The fraction of sp³-hybridized carbons (Fsp3) is 0.652. The molecule has 3 rings (SSSR count). The van der Waals surface area contributed by atoms with E-state index in [0.717, 1.165) is 64.7 Å². The number of carbonyl (C=O) groups is 1. The van der Waals surface area contributed by atoms with E-state index in [2.05, 4.69) is 51.3 Å². The van der Waals surface area contributed by atoms with E-state index >= 15 is 0 Å². The summed E-state index contributed by atoms with van der Waals surface area (Å²) >= 11 is 0. The number of hydrogen-bond donors (Lipinski definition) is 1. The van der Waals surface area contributed by atoms with Crippen molar-refractivity contribution < 1.29 is 14.3 Å². The third kappa shape index (κ3) is 7.91. The molecule has 2 heterocycles. The van der Waals surface area contributed by atoms with Gasteiger partial charge in [-0.1, -0.05) is 24.3 Å². The van der Waals surface area contributed by atoms with E-state index in [1.165, 1.54) is 11.1 Å². The molecule has 7 nitrogen and oxygen atoms in total. The number of morpholine rings is 1. The first-order chi connectivity index (χ1) is 14.6. The van der Waals surface area contributed by atoms with Crippen LogP contribution in [0.3, 0.4) is 0 Å². The lowest BCUT2D eigenvalue weighted by Crippen LogP contribution is -2.46. The highest BCUT2D eigenvalue weighted by Gasteiger charge is 2.27. The summed E-state index contributed by atoms with van der Waals surface area (Å²) in [5, 5.41) is 3.49. The maximum atomic E-state index is 12.0. The minimum atomic E-state index is -0.0634. The molecule has 2 fully saturated rings. The molecule has 0 radical (unpaired) electrons. The molecule has 1 unspecified atom stereocenters. The van der Waals surface area contributed by atoms with Crippen LogP contribution in [0.25, 0.3) is 0 Å². The van der Waals surface area contributed by atoms with Gasteiger partial charge < -0.3 is 19.7 Å². The summed E-state index contributed by atoms with van der Waals surface area (Å²) < 4.78 is 10.8. The van der Waals surface area contributed by atoms with Gasteiger partial charge >= 0.3 is 5.97 Å². The van der Waals surface area contributed by atoms with Gasteiger partial charge in [-0.25, -0.2) is 0 Å². The second kappa shape index (κ2) is 13.2. The average molecular weight is 544 g/mol. The van der Waals surface area contributed by atoms with E-state index < -0.39 is 0 Å². The molecule has 1 aromatic carbocycles. The van der Waals surface area contributed by atoms with E-state index in [1.54, 1.807) is 0 Å². The minimum Gasteiger partial charge on any atom is -0.466 e. The lowest BCUT2D eigenvalue weighted by Gasteiger charge is -2.33. The molecule has 0 spiro atoms. The Morgan fingerprint density at radius 2 is 2.00 bits per heavy atom. The molecular weight excluding hydrogens is 507 g/mol. The normalized spacial score (nSPS) is 20.8. The van der Waals surface area contributed by atoms with Crippen molar-refractivity contribution in [2.45, 2.75) is 45.9 Å². The molecule has 2 saturated heterocycles. The molecule has 8 heteroatoms. The van der Waals surface area contributed by atoms with Crippen LogP contribution in [0.4, 0.5) is 0 Å². The highest BCUT2D eigenvalue weighted by Crippen LogP contribution is 2.19. The number of halogens is 1. The minimum absolute atomic E-state index is 0. The maximum Gasteiger partial charge on any atom is 0.309 e. The van der Waals surface area contributed by atoms with Crippen LogP contribution in [0.2, 0.25) is 0 Å². The molecule has 0 aromatic heterocycles. The van der Waals surface area contributed by atoms with Gasteiger partial charge in [-0.2, -0.15) is 0 Å². The molecule has 0 aliphatic carbocycles. The highest BCUT2D eigenvalue weighted by atomic mass is 127. The fourth-order valence-corrected chi connectivity index (χ4v) is 4.23. The molecule has 0 saturated carbocycles. The van der Waals surface area contributed by atoms with Gasteiger partial charge in [0.1, 0.15) is 0 Å². The van der Waals surface area contributed by atoms with Gasteiger partial charge in [0.15, 0.2) is 5.96 Å². The van der Waals surface area contributed by atoms with Crippen LogP contribution in [0.1, 0.15) is 37.8 Å². The Balaban J connectivity index is 0.00000341. The van der Waals surface area contributed by atoms with Gasteiger partial charge in [0.2, 0.25) is 0 Å². The van der Waals surface area contributed by atoms with Crippen LogP contribution in [0.5, 0.6) is 0 Å². The van der Waals surface area contributed by atoms with Gasteiger partial charge in [0.25, 0.3) is 0 Å². The quantitative estimate of drug-likeness (QED) is 0.257. The molecule has 1 N–H and O–H groups in total. The smallest absolute Gasteiger partial charge is 0.309 e. The number of benzene rings is 1. The molecule has 0 bridgehead atoms. The zero-order valence-corrected chi connectivity index (χ0v) is 21.3. The SMILES string of the molecule is CCOC(=O)C1CCN(C(=NC)NCc2cccc(CN3CCOC(C)C3)c2)CC1.I. The Labute approximate surface area is 203 Å². The summed E-state index contributed by atoms with van der Waals surface area (Å²) in [5.41, 5.74) is 2.57. The Morgan fingerprint density at radius 3 is 2.68 bits per heavy atom. The van der Waals surface area contributed by atoms with Gasteiger partial charge in [-0.05, 0) is 37.8 Å². The Kier molecular flexibility index (Phi) is 11.0. The van der Waals surface area contributed by atoms with Crippen molar-refractivity contribution in [1.29, 1.82) is 0 Å². The Morgan fingerprint density at radius 1 is 1.26 bits per heavy atom. The largest absolute Gasteiger partial charge is 0.466 e. The third-order valence-corrected chi connectivity index (χ3v) is 5.80. The number of nitrogens with zero attached hydrogens (tertiary/aromatic N) is 3. The first-order valence-electron chi connectivity index (χ1n) is 11.1. The Hall–Kier alpha value is -1.39. The van der Waals surface area contributed by atoms with Crippen molar-refractivity contribution in [2.24, 2.45) is 10.9 Å². The molecule has 0 amide bonds. The van der Waals surface area contributed by atoms with Crippen LogP contribution < -0.4 is 5.32 Å². The van der Waals surface area contributed by atoms with Crippen LogP contribution >= 0.6 is 24.0 Å². The number of rotatable bonds is 6. The van der Waals surface area contributed by atoms with Crippen LogP contribution in [-0.4, -0.2) is 74.3 Å². The first kappa shape index (κ1) is 25.9. The second-order valence-electron chi connectivity index (χ2n) is 8.15. The molecule has 1 aromatic rings. The van der Waals surface area contributed by atoms with Gasteiger partial charge in [-0.15, -0.1) is 24.0 Å². The number of carbonyl (C=O) groups excluding carboxylic acids is 1. The summed E-state index contributed by atoms with van der Waals surface area (Å²) in [6, 6.07) is 8.74. The average Bonchev–Trinajstić information content (AvgIpc) is 2.75. The number of likely N-dealkylation sites (tertiary alicyclic amines) is 1. The summed E-state index contributed by atoms with van der Waals surface area (Å²) in [6.45, 7) is 10.5. The summed E-state index contributed by atoms with van der Waals surface area (Å²) in [6.07, 6.45) is 1.93. The number of aliphatic imine (C=N–C) groups is 1. The zero-order valence-electron chi connectivity index (χ0n) is 19.0. The van der Waals surface area contributed by atoms with Crippen molar-refractivity contribution in [3.8, 4) is 0 Å². The molecule has 31 heavy (non-hydrogen) atoms. The number of ether oxygens (including phenoxy) is 2. The van der Waals surface area contributed by atoms with Crippen LogP contribution in [0, 0.1) is 5.92 Å². The van der Waals surface area contributed by atoms with Crippen LogP contribution in [-0.2, 0) is 27.4 Å². The second-order valence-corrected chi connectivity index (χ2v) is 8.15. The molecule has 1 atom stereocenters. The lowest BCUT2D eigenvalue weighted by atomic mass is 9.97. The fourth-order valence-electron chi connectivity index (χ4n) is 4.23. The van der Waals surface area contributed by atoms with Crippen molar-refractivity contribution in [3.63, 3.8) is 0 Å².